The van der Waals surface area contributed by atoms with Crippen molar-refractivity contribution in [2.24, 2.45) is 0 Å². The van der Waals surface area contributed by atoms with Crippen molar-refractivity contribution >= 4 is 43.3 Å². The van der Waals surface area contributed by atoms with Gasteiger partial charge in [-0.25, -0.2) is 8.93 Å². The van der Waals surface area contributed by atoms with Gasteiger partial charge in [0.15, 0.2) is 0 Å². The minimum atomic E-state index is -1.24. The van der Waals surface area contributed by atoms with Crippen LogP contribution >= 0.6 is 11.3 Å². The summed E-state index contributed by atoms with van der Waals surface area (Å²) < 4.78 is 20.9. The molecule has 0 aliphatic carbocycles. The number of aromatic amines is 1. The Morgan fingerprint density at radius 3 is 2.58 bits per heavy atom. The summed E-state index contributed by atoms with van der Waals surface area (Å²) in [5.41, 5.74) is 2.52. The highest BCUT2D eigenvalue weighted by molar-refractivity contribution is 7.83. The van der Waals surface area contributed by atoms with Crippen molar-refractivity contribution in [1.82, 2.24) is 9.71 Å². The van der Waals surface area contributed by atoms with Crippen molar-refractivity contribution in [2.45, 2.75) is 4.90 Å². The summed E-state index contributed by atoms with van der Waals surface area (Å²) in [7, 11) is 2.05. The minimum Gasteiger partial charge on any atom is -0.496 e. The van der Waals surface area contributed by atoms with Crippen molar-refractivity contribution in [3.63, 3.8) is 0 Å². The molecule has 0 radical (unpaired) electrons. The molecule has 0 saturated carbocycles. The van der Waals surface area contributed by atoms with E-state index in [-0.39, 0.29) is 5.56 Å². The van der Waals surface area contributed by atoms with Gasteiger partial charge in [-0.1, -0.05) is 12.1 Å². The highest BCUT2D eigenvalue weighted by atomic mass is 32.2. The SMILES string of the molecule is CNS(=O)c1ccc(-c2c(OC)ccc3[nH]c(=O)c4sccc4c23)cc1. The molecule has 2 heterocycles. The summed E-state index contributed by atoms with van der Waals surface area (Å²) in [6.45, 7) is 0. The molecule has 1 atom stereocenters. The fraction of sp³-hybridized carbons (Fsp3) is 0.105. The van der Waals surface area contributed by atoms with E-state index in [1.807, 2.05) is 47.8 Å². The third-order valence-electron chi connectivity index (χ3n) is 4.32. The highest BCUT2D eigenvalue weighted by Gasteiger charge is 2.16. The Balaban J connectivity index is 2.06. The lowest BCUT2D eigenvalue weighted by atomic mass is 9.97. The molecule has 0 bridgehead atoms. The van der Waals surface area contributed by atoms with Gasteiger partial charge in [-0.15, -0.1) is 11.3 Å². The van der Waals surface area contributed by atoms with Gasteiger partial charge < -0.3 is 9.72 Å². The van der Waals surface area contributed by atoms with E-state index in [9.17, 15) is 9.00 Å². The van der Waals surface area contributed by atoms with Crippen molar-refractivity contribution in [2.75, 3.05) is 14.2 Å². The second-order valence-corrected chi connectivity index (χ2v) is 8.01. The van der Waals surface area contributed by atoms with Crippen molar-refractivity contribution in [3.05, 3.63) is 58.2 Å². The Morgan fingerprint density at radius 1 is 1.12 bits per heavy atom. The summed E-state index contributed by atoms with van der Waals surface area (Å²) in [5, 5.41) is 3.77. The molecule has 0 fully saturated rings. The van der Waals surface area contributed by atoms with E-state index in [1.165, 1.54) is 11.3 Å². The molecule has 26 heavy (non-hydrogen) atoms. The van der Waals surface area contributed by atoms with E-state index in [0.717, 1.165) is 33.2 Å². The van der Waals surface area contributed by atoms with Crippen LogP contribution in [-0.2, 0) is 11.0 Å². The van der Waals surface area contributed by atoms with Gasteiger partial charge in [-0.3, -0.25) is 4.79 Å². The number of methoxy groups -OCH3 is 1. The number of rotatable bonds is 4. The molecule has 4 aromatic rings. The molecule has 0 saturated heterocycles. The fourth-order valence-corrected chi connectivity index (χ4v) is 4.56. The number of hydrogen-bond acceptors (Lipinski definition) is 4. The molecule has 1 unspecified atom stereocenters. The Kier molecular flexibility index (Phi) is 4.36. The number of pyridine rings is 1. The van der Waals surface area contributed by atoms with Gasteiger partial charge in [0.25, 0.3) is 5.56 Å². The first kappa shape index (κ1) is 17.0. The topological polar surface area (TPSA) is 71.2 Å². The van der Waals surface area contributed by atoms with Crippen LogP contribution in [0.4, 0.5) is 0 Å². The smallest absolute Gasteiger partial charge is 0.266 e. The van der Waals surface area contributed by atoms with E-state index >= 15 is 0 Å². The summed E-state index contributed by atoms with van der Waals surface area (Å²) in [6.07, 6.45) is 0. The van der Waals surface area contributed by atoms with Crippen LogP contribution in [0, 0.1) is 0 Å². The van der Waals surface area contributed by atoms with Crippen LogP contribution in [-0.4, -0.2) is 23.4 Å². The lowest BCUT2D eigenvalue weighted by Gasteiger charge is -2.13. The number of aromatic nitrogens is 1. The summed E-state index contributed by atoms with van der Waals surface area (Å²) in [5.74, 6) is 0.722. The molecular weight excluding hydrogens is 368 g/mol. The standard InChI is InChI=1S/C19H16N2O3S2/c1-20-26(23)12-5-3-11(4-6-12)16-15(24-2)8-7-14-17(16)13-9-10-25-18(13)19(22)21-14/h3-10,20H,1-2H3,(H,21,22). The lowest BCUT2D eigenvalue weighted by Crippen LogP contribution is -2.10. The second-order valence-electron chi connectivity index (χ2n) is 5.68. The van der Waals surface area contributed by atoms with Crippen LogP contribution in [0.2, 0.25) is 0 Å². The summed E-state index contributed by atoms with van der Waals surface area (Å²) in [4.78, 5) is 15.9. The van der Waals surface area contributed by atoms with E-state index in [0.29, 0.717) is 9.60 Å². The van der Waals surface area contributed by atoms with E-state index in [4.69, 9.17) is 4.74 Å². The van der Waals surface area contributed by atoms with Gasteiger partial charge in [-0.05, 0) is 48.3 Å². The Bertz CT molecular complexity index is 1190. The largest absolute Gasteiger partial charge is 0.496 e. The zero-order valence-corrected chi connectivity index (χ0v) is 15.8. The van der Waals surface area contributed by atoms with Crippen LogP contribution in [0.5, 0.6) is 5.75 Å². The van der Waals surface area contributed by atoms with E-state index < -0.39 is 11.0 Å². The zero-order valence-electron chi connectivity index (χ0n) is 14.2. The van der Waals surface area contributed by atoms with E-state index in [1.54, 1.807) is 14.2 Å². The third-order valence-corrected chi connectivity index (χ3v) is 6.30. The molecular formula is C19H16N2O3S2. The van der Waals surface area contributed by atoms with Crippen LogP contribution in [0.15, 0.2) is 57.5 Å². The van der Waals surface area contributed by atoms with Crippen molar-refractivity contribution in [3.8, 4) is 16.9 Å². The number of hydrogen-bond donors (Lipinski definition) is 2. The van der Waals surface area contributed by atoms with Crippen LogP contribution < -0.4 is 15.0 Å². The first-order chi connectivity index (χ1) is 12.6. The van der Waals surface area contributed by atoms with Gasteiger partial charge >= 0.3 is 0 Å². The maximum absolute atomic E-state index is 12.3. The van der Waals surface area contributed by atoms with Gasteiger partial charge in [0.2, 0.25) is 0 Å². The highest BCUT2D eigenvalue weighted by Crippen LogP contribution is 2.40. The first-order valence-corrected chi connectivity index (χ1v) is 9.96. The number of fused-ring (bicyclic) bond motifs is 3. The van der Waals surface area contributed by atoms with Crippen molar-refractivity contribution in [1.29, 1.82) is 0 Å². The average Bonchev–Trinajstić information content (AvgIpc) is 3.17. The van der Waals surface area contributed by atoms with E-state index in [2.05, 4.69) is 9.71 Å². The molecule has 0 amide bonds. The molecule has 4 rings (SSSR count). The molecule has 2 aromatic carbocycles. The summed E-state index contributed by atoms with van der Waals surface area (Å²) >= 11 is 1.42. The molecule has 7 heteroatoms. The molecule has 5 nitrogen and oxygen atoms in total. The minimum absolute atomic E-state index is 0.0848. The predicted octanol–water partition coefficient (Wildman–Crippen LogP) is 3.66. The molecule has 2 N–H and O–H groups in total. The molecule has 0 aliphatic heterocycles. The third kappa shape index (κ3) is 2.65. The van der Waals surface area contributed by atoms with Crippen LogP contribution in [0.3, 0.4) is 0 Å². The number of ether oxygens (including phenoxy) is 1. The fourth-order valence-electron chi connectivity index (χ4n) is 3.15. The lowest BCUT2D eigenvalue weighted by molar-refractivity contribution is 0.417. The first-order valence-electron chi connectivity index (χ1n) is 7.94. The second kappa shape index (κ2) is 6.68. The normalized spacial score (nSPS) is 12.5. The number of benzene rings is 2. The monoisotopic (exact) mass is 384 g/mol. The van der Waals surface area contributed by atoms with Gasteiger partial charge in [0, 0.05) is 21.9 Å². The Morgan fingerprint density at radius 2 is 1.88 bits per heavy atom. The number of thiophene rings is 1. The van der Waals surface area contributed by atoms with Gasteiger partial charge in [-0.2, -0.15) is 0 Å². The molecule has 2 aromatic heterocycles. The maximum atomic E-state index is 12.3. The number of nitrogens with one attached hydrogen (secondary N) is 2. The Hall–Kier alpha value is -2.48. The zero-order chi connectivity index (χ0) is 18.3. The Labute approximate surface area is 156 Å². The molecule has 0 spiro atoms. The van der Waals surface area contributed by atoms with Gasteiger partial charge in [0.05, 0.1) is 12.0 Å². The van der Waals surface area contributed by atoms with Crippen LogP contribution in [0.1, 0.15) is 0 Å². The van der Waals surface area contributed by atoms with Crippen molar-refractivity contribution < 1.29 is 8.95 Å². The van der Waals surface area contributed by atoms with Gasteiger partial charge in [0.1, 0.15) is 21.4 Å². The maximum Gasteiger partial charge on any atom is 0.266 e. The molecule has 132 valence electrons. The average molecular weight is 384 g/mol. The van der Waals surface area contributed by atoms with Crippen LogP contribution in [0.25, 0.3) is 32.1 Å². The predicted molar refractivity (Wildman–Crippen MR) is 107 cm³/mol. The number of H-pyrrole nitrogens is 1. The summed E-state index contributed by atoms with van der Waals surface area (Å²) in [6, 6.07) is 13.2. The quantitative estimate of drug-likeness (QED) is 0.564. The molecule has 0 aliphatic rings.